The fourth-order valence-corrected chi connectivity index (χ4v) is 3.96. The molecule has 1 aliphatic heterocycles. The average molecular weight is 342 g/mol. The van der Waals surface area contributed by atoms with Crippen LogP contribution in [0.4, 0.5) is 5.69 Å². The van der Waals surface area contributed by atoms with Crippen LogP contribution < -0.4 is 20.1 Å². The van der Waals surface area contributed by atoms with Gasteiger partial charge in [-0.15, -0.1) is 0 Å². The number of hydrogen-bond donors (Lipinski definition) is 2. The summed E-state index contributed by atoms with van der Waals surface area (Å²) in [6, 6.07) is 2.42. The number of nitrogens with one attached hydrogen (secondary N) is 2. The quantitative estimate of drug-likeness (QED) is 0.890. The second kappa shape index (κ2) is 7.04. The highest BCUT2D eigenvalue weighted by molar-refractivity contribution is 5.92. The molecule has 1 atom stereocenters. The van der Waals surface area contributed by atoms with Crippen LogP contribution in [0.2, 0.25) is 0 Å². The van der Waals surface area contributed by atoms with Gasteiger partial charge in [0.1, 0.15) is 5.52 Å². The Morgan fingerprint density at radius 1 is 1.08 bits per heavy atom. The van der Waals surface area contributed by atoms with Crippen LogP contribution in [0.25, 0.3) is 11.0 Å². The Bertz CT molecular complexity index is 770. The molecule has 1 saturated heterocycles. The van der Waals surface area contributed by atoms with Crippen LogP contribution in [0.5, 0.6) is 11.6 Å². The van der Waals surface area contributed by atoms with Crippen LogP contribution in [0.15, 0.2) is 6.07 Å². The lowest BCUT2D eigenvalue weighted by molar-refractivity contribution is 0.344. The van der Waals surface area contributed by atoms with Crippen molar-refractivity contribution in [3.05, 3.63) is 17.3 Å². The Hall–Kier alpha value is -2.08. The molecule has 0 saturated carbocycles. The van der Waals surface area contributed by atoms with Gasteiger partial charge >= 0.3 is 0 Å². The molecule has 2 aromatic heterocycles. The SMILES string of the molecule is COc1cc2nc3c(c(NC4CCCNCC4)c2nc1OC)CCC3. The summed E-state index contributed by atoms with van der Waals surface area (Å²) in [7, 11) is 3.26. The van der Waals surface area contributed by atoms with E-state index < -0.39 is 0 Å². The van der Waals surface area contributed by atoms with E-state index in [4.69, 9.17) is 19.4 Å². The molecule has 0 radical (unpaired) electrons. The summed E-state index contributed by atoms with van der Waals surface area (Å²) in [6.07, 6.45) is 6.79. The number of fused-ring (bicyclic) bond motifs is 2. The van der Waals surface area contributed by atoms with Crippen molar-refractivity contribution < 1.29 is 9.47 Å². The number of aromatic nitrogens is 2. The molecule has 6 nitrogen and oxygen atoms in total. The van der Waals surface area contributed by atoms with E-state index in [1.165, 1.54) is 24.1 Å². The van der Waals surface area contributed by atoms with Gasteiger partial charge in [-0.25, -0.2) is 4.98 Å². The number of aryl methyl sites for hydroxylation is 1. The van der Waals surface area contributed by atoms with Crippen molar-refractivity contribution in [3.8, 4) is 11.6 Å². The summed E-state index contributed by atoms with van der Waals surface area (Å²) in [4.78, 5) is 9.60. The third-order valence-electron chi connectivity index (χ3n) is 5.25. The Labute approximate surface area is 148 Å². The zero-order valence-electron chi connectivity index (χ0n) is 15.0. The molecule has 25 heavy (non-hydrogen) atoms. The number of ether oxygens (including phenoxy) is 2. The van der Waals surface area contributed by atoms with E-state index in [2.05, 4.69) is 10.6 Å². The fraction of sp³-hybridized carbons (Fsp3) is 0.579. The van der Waals surface area contributed by atoms with Crippen molar-refractivity contribution in [1.29, 1.82) is 0 Å². The maximum absolute atomic E-state index is 5.43. The number of anilines is 1. The molecule has 3 heterocycles. The largest absolute Gasteiger partial charge is 0.491 e. The first-order chi connectivity index (χ1) is 12.3. The van der Waals surface area contributed by atoms with Crippen LogP contribution in [0.3, 0.4) is 0 Å². The van der Waals surface area contributed by atoms with Crippen LogP contribution >= 0.6 is 0 Å². The lowest BCUT2D eigenvalue weighted by Gasteiger charge is -2.21. The average Bonchev–Trinajstić information content (AvgIpc) is 2.95. The van der Waals surface area contributed by atoms with Crippen molar-refractivity contribution in [3.63, 3.8) is 0 Å². The van der Waals surface area contributed by atoms with Crippen molar-refractivity contribution in [2.75, 3.05) is 32.6 Å². The normalized spacial score (nSPS) is 20.2. The number of hydrogen-bond acceptors (Lipinski definition) is 6. The summed E-state index contributed by atoms with van der Waals surface area (Å²) in [6.45, 7) is 2.17. The molecule has 4 rings (SSSR count). The summed E-state index contributed by atoms with van der Waals surface area (Å²) in [5, 5.41) is 7.30. The minimum atomic E-state index is 0.472. The van der Waals surface area contributed by atoms with E-state index >= 15 is 0 Å². The Kier molecular flexibility index (Phi) is 4.61. The third-order valence-corrected chi connectivity index (χ3v) is 5.25. The maximum Gasteiger partial charge on any atom is 0.257 e. The third kappa shape index (κ3) is 3.11. The fourth-order valence-electron chi connectivity index (χ4n) is 3.96. The molecule has 0 aromatic carbocycles. The first-order valence-electron chi connectivity index (χ1n) is 9.22. The topological polar surface area (TPSA) is 68.3 Å². The molecule has 2 aliphatic rings. The maximum atomic E-state index is 5.43. The van der Waals surface area contributed by atoms with E-state index in [0.717, 1.165) is 55.5 Å². The van der Waals surface area contributed by atoms with Gasteiger partial charge in [-0.2, -0.15) is 0 Å². The molecular weight excluding hydrogens is 316 g/mol. The summed E-state index contributed by atoms with van der Waals surface area (Å²) in [5.74, 6) is 1.14. The van der Waals surface area contributed by atoms with Crippen molar-refractivity contribution in [1.82, 2.24) is 15.3 Å². The number of nitrogens with zero attached hydrogens (tertiary/aromatic N) is 2. The zero-order valence-corrected chi connectivity index (χ0v) is 15.0. The van der Waals surface area contributed by atoms with Gasteiger partial charge in [0.2, 0.25) is 0 Å². The van der Waals surface area contributed by atoms with Crippen molar-refractivity contribution in [2.45, 2.75) is 44.6 Å². The molecule has 2 N–H and O–H groups in total. The summed E-state index contributed by atoms with van der Waals surface area (Å²) >= 11 is 0. The van der Waals surface area contributed by atoms with Crippen LogP contribution in [0.1, 0.15) is 36.9 Å². The molecule has 2 aromatic rings. The van der Waals surface area contributed by atoms with Crippen molar-refractivity contribution in [2.24, 2.45) is 0 Å². The molecule has 1 aliphatic carbocycles. The monoisotopic (exact) mass is 342 g/mol. The van der Waals surface area contributed by atoms with Crippen molar-refractivity contribution >= 4 is 16.7 Å². The second-order valence-corrected chi connectivity index (χ2v) is 6.86. The van der Waals surface area contributed by atoms with Gasteiger partial charge in [0.25, 0.3) is 5.88 Å². The molecule has 0 spiro atoms. The predicted octanol–water partition coefficient (Wildman–Crippen LogP) is 2.69. The molecule has 1 unspecified atom stereocenters. The van der Waals surface area contributed by atoms with Crippen LogP contribution in [-0.2, 0) is 12.8 Å². The number of methoxy groups -OCH3 is 2. The molecule has 0 bridgehead atoms. The van der Waals surface area contributed by atoms with E-state index in [1.807, 2.05) is 6.07 Å². The molecular formula is C19H26N4O2. The lowest BCUT2D eigenvalue weighted by atomic mass is 10.1. The first kappa shape index (κ1) is 16.4. The van der Waals surface area contributed by atoms with E-state index in [9.17, 15) is 0 Å². The smallest absolute Gasteiger partial charge is 0.257 e. The highest BCUT2D eigenvalue weighted by Crippen LogP contribution is 2.37. The minimum absolute atomic E-state index is 0.472. The minimum Gasteiger partial charge on any atom is -0.491 e. The first-order valence-corrected chi connectivity index (χ1v) is 9.22. The Morgan fingerprint density at radius 2 is 2.00 bits per heavy atom. The predicted molar refractivity (Wildman–Crippen MR) is 98.8 cm³/mol. The van der Waals surface area contributed by atoms with Gasteiger partial charge in [-0.1, -0.05) is 0 Å². The van der Waals surface area contributed by atoms with E-state index in [1.54, 1.807) is 14.2 Å². The van der Waals surface area contributed by atoms with Gasteiger partial charge in [0, 0.05) is 17.8 Å². The van der Waals surface area contributed by atoms with Gasteiger partial charge in [0.15, 0.2) is 5.75 Å². The molecule has 0 amide bonds. The van der Waals surface area contributed by atoms with Gasteiger partial charge in [-0.3, -0.25) is 4.98 Å². The van der Waals surface area contributed by atoms with Gasteiger partial charge in [-0.05, 0) is 57.2 Å². The van der Waals surface area contributed by atoms with Gasteiger partial charge in [0.05, 0.1) is 25.4 Å². The number of pyridine rings is 2. The second-order valence-electron chi connectivity index (χ2n) is 6.86. The Balaban J connectivity index is 1.82. The van der Waals surface area contributed by atoms with Gasteiger partial charge < -0.3 is 20.1 Å². The standard InChI is InChI=1S/C19H26N4O2/c1-24-16-11-15-18(23-19(16)25-2)17(13-6-3-7-14(13)22-15)21-12-5-4-9-20-10-8-12/h11-12,20H,3-10H2,1-2H3,(H,21,22). The summed E-state index contributed by atoms with van der Waals surface area (Å²) < 4.78 is 10.8. The van der Waals surface area contributed by atoms with Crippen LogP contribution in [0, 0.1) is 0 Å². The molecule has 6 heteroatoms. The molecule has 1 fully saturated rings. The molecule has 134 valence electrons. The lowest BCUT2D eigenvalue weighted by Crippen LogP contribution is -2.22. The summed E-state index contributed by atoms with van der Waals surface area (Å²) in [5.41, 5.74) is 5.48. The number of rotatable bonds is 4. The highest BCUT2D eigenvalue weighted by Gasteiger charge is 2.24. The zero-order chi connectivity index (χ0) is 17.2. The van der Waals surface area contributed by atoms with E-state index in [-0.39, 0.29) is 0 Å². The van der Waals surface area contributed by atoms with E-state index in [0.29, 0.717) is 17.7 Å². The van der Waals surface area contributed by atoms with Crippen LogP contribution in [-0.4, -0.2) is 43.3 Å². The highest BCUT2D eigenvalue weighted by atomic mass is 16.5. The Morgan fingerprint density at radius 3 is 2.84 bits per heavy atom.